The molecule has 4 rings (SSSR count). The minimum Gasteiger partial charge on any atom is -0.475 e. The van der Waals surface area contributed by atoms with Crippen LogP contribution in [0.4, 0.5) is 19.1 Å². The van der Waals surface area contributed by atoms with Crippen molar-refractivity contribution in [2.45, 2.75) is 42.9 Å². The van der Waals surface area contributed by atoms with Gasteiger partial charge in [-0.2, -0.15) is 13.2 Å². The number of likely N-dealkylation sites (N-methyl/N-ethyl adjacent to an activating group) is 1. The van der Waals surface area contributed by atoms with Gasteiger partial charge in [0.25, 0.3) is 0 Å². The molecule has 0 aromatic carbocycles. The van der Waals surface area contributed by atoms with Crippen molar-refractivity contribution in [1.82, 2.24) is 14.9 Å². The molecular formula is C18H25F3N4O4S. The zero-order valence-corrected chi connectivity index (χ0v) is 17.6. The highest BCUT2D eigenvalue weighted by atomic mass is 32.2. The highest BCUT2D eigenvalue weighted by Crippen LogP contribution is 2.39. The summed E-state index contributed by atoms with van der Waals surface area (Å²) in [5.41, 5.74) is 1.77. The van der Waals surface area contributed by atoms with E-state index in [1.807, 2.05) is 7.05 Å². The number of aliphatic carboxylic acids is 1. The summed E-state index contributed by atoms with van der Waals surface area (Å²) in [6, 6.07) is 0. The predicted octanol–water partition coefficient (Wildman–Crippen LogP) is 1.67. The number of hydrogen-bond acceptors (Lipinski definition) is 7. The number of carbonyl (C=O) groups is 1. The van der Waals surface area contributed by atoms with E-state index in [0.717, 1.165) is 36.8 Å². The number of piperidine rings is 1. The van der Waals surface area contributed by atoms with Gasteiger partial charge in [0.2, 0.25) is 5.95 Å². The lowest BCUT2D eigenvalue weighted by molar-refractivity contribution is -0.192. The van der Waals surface area contributed by atoms with Crippen molar-refractivity contribution < 1.29 is 31.5 Å². The summed E-state index contributed by atoms with van der Waals surface area (Å²) in [5.74, 6) is -1.23. The summed E-state index contributed by atoms with van der Waals surface area (Å²) in [5, 5.41) is 6.82. The molecule has 0 spiro atoms. The fraction of sp³-hybridized carbons (Fsp3) is 0.722. The van der Waals surface area contributed by atoms with Crippen molar-refractivity contribution >= 4 is 21.8 Å². The third kappa shape index (κ3) is 4.85. The van der Waals surface area contributed by atoms with Crippen molar-refractivity contribution in [1.29, 1.82) is 0 Å². The number of carboxylic acid groups (broad SMARTS) is 1. The molecule has 1 unspecified atom stereocenters. The summed E-state index contributed by atoms with van der Waals surface area (Å²) in [6.07, 6.45) is -0.900. The minimum absolute atomic E-state index is 0.00212. The first-order chi connectivity index (χ1) is 13.9. The van der Waals surface area contributed by atoms with Crippen molar-refractivity contribution in [3.8, 4) is 0 Å². The number of hydrogen-bond donors (Lipinski definition) is 1. The molecule has 168 valence electrons. The van der Waals surface area contributed by atoms with Crippen molar-refractivity contribution in [3.05, 3.63) is 17.5 Å². The molecule has 8 nitrogen and oxygen atoms in total. The molecule has 0 amide bonds. The normalized spacial score (nSPS) is 28.2. The smallest absolute Gasteiger partial charge is 0.475 e. The van der Waals surface area contributed by atoms with E-state index in [0.29, 0.717) is 12.5 Å². The number of nitrogens with zero attached hydrogens (tertiary/aromatic N) is 4. The van der Waals surface area contributed by atoms with Crippen LogP contribution in [0, 0.1) is 5.92 Å². The summed E-state index contributed by atoms with van der Waals surface area (Å²) in [6.45, 7) is 5.63. The van der Waals surface area contributed by atoms with E-state index < -0.39 is 22.0 Å². The van der Waals surface area contributed by atoms with E-state index in [1.54, 1.807) is 6.20 Å². The predicted molar refractivity (Wildman–Crippen MR) is 103 cm³/mol. The number of likely N-dealkylation sites (tertiary alicyclic amines) is 1. The third-order valence-corrected chi connectivity index (χ3v) is 7.80. The van der Waals surface area contributed by atoms with Gasteiger partial charge in [-0.25, -0.2) is 23.2 Å². The van der Waals surface area contributed by atoms with E-state index in [2.05, 4.69) is 21.7 Å². The largest absolute Gasteiger partial charge is 0.490 e. The average Bonchev–Trinajstić information content (AvgIpc) is 3.04. The van der Waals surface area contributed by atoms with Gasteiger partial charge in [0.1, 0.15) is 0 Å². The molecule has 2 saturated heterocycles. The standard InChI is InChI=1S/C16H24N4O2S.C2HF3O2/c1-11-4-3-5-20(7-11)16-17-6-12-10-23(21,22)14-9-19(2)8-13(14)15(12)18-16;3-2(4,5)1(6)7/h6,11,13-14H,3-5,7-10H2,1-2H3;(H,6,7)/t11?,13-,14+;/m0./s1. The lowest BCUT2D eigenvalue weighted by Gasteiger charge is -2.32. The molecule has 1 aromatic rings. The average molecular weight is 450 g/mol. The second-order valence-electron chi connectivity index (χ2n) is 8.25. The van der Waals surface area contributed by atoms with Crippen LogP contribution >= 0.6 is 0 Å². The molecule has 1 aromatic heterocycles. The number of alkyl halides is 3. The van der Waals surface area contributed by atoms with Crippen molar-refractivity contribution in [2.75, 3.05) is 38.1 Å². The SMILES string of the molecule is CC1CCCN(c2ncc3c(n2)[C@H]2CN(C)C[C@H]2S(=O)(=O)C3)C1.O=C(O)C(F)(F)F. The maximum Gasteiger partial charge on any atom is 0.490 e. The van der Waals surface area contributed by atoms with Crippen LogP contribution in [0.5, 0.6) is 0 Å². The molecule has 3 atom stereocenters. The zero-order chi connectivity index (χ0) is 22.3. The maximum atomic E-state index is 12.5. The van der Waals surface area contributed by atoms with Crippen LogP contribution in [-0.4, -0.2) is 79.0 Å². The highest BCUT2D eigenvalue weighted by Gasteiger charge is 2.46. The van der Waals surface area contributed by atoms with Gasteiger partial charge in [-0.3, -0.25) is 0 Å². The first-order valence-corrected chi connectivity index (χ1v) is 11.4. The van der Waals surface area contributed by atoms with Crippen LogP contribution in [0.3, 0.4) is 0 Å². The molecule has 0 bridgehead atoms. The first kappa shape index (κ1) is 22.7. The van der Waals surface area contributed by atoms with Gasteiger partial charge < -0.3 is 14.9 Å². The Morgan fingerprint density at radius 1 is 1.27 bits per heavy atom. The molecule has 1 N–H and O–H groups in total. The Morgan fingerprint density at radius 3 is 2.53 bits per heavy atom. The van der Waals surface area contributed by atoms with E-state index >= 15 is 0 Å². The topological polar surface area (TPSA) is 104 Å². The fourth-order valence-electron chi connectivity index (χ4n) is 4.28. The van der Waals surface area contributed by atoms with Gasteiger partial charge in [-0.15, -0.1) is 0 Å². The van der Waals surface area contributed by atoms with Crippen molar-refractivity contribution in [3.63, 3.8) is 0 Å². The Kier molecular flexibility index (Phi) is 6.28. The van der Waals surface area contributed by atoms with Gasteiger partial charge >= 0.3 is 12.1 Å². The first-order valence-electron chi connectivity index (χ1n) is 9.69. The number of fused-ring (bicyclic) bond motifs is 3. The van der Waals surface area contributed by atoms with Crippen molar-refractivity contribution in [2.24, 2.45) is 5.92 Å². The zero-order valence-electron chi connectivity index (χ0n) is 16.8. The molecule has 0 radical (unpaired) electrons. The van der Waals surface area contributed by atoms with Crippen LogP contribution < -0.4 is 4.90 Å². The second-order valence-corrected chi connectivity index (χ2v) is 10.5. The van der Waals surface area contributed by atoms with E-state index in [4.69, 9.17) is 14.9 Å². The molecule has 3 aliphatic rings. The van der Waals surface area contributed by atoms with Gasteiger partial charge in [0, 0.05) is 43.9 Å². The Hall–Kier alpha value is -1.95. The Labute approximate surface area is 173 Å². The maximum absolute atomic E-state index is 12.5. The number of anilines is 1. The Morgan fingerprint density at radius 2 is 1.93 bits per heavy atom. The molecule has 0 aliphatic carbocycles. The lowest BCUT2D eigenvalue weighted by atomic mass is 9.99. The molecule has 12 heteroatoms. The fourth-order valence-corrected chi connectivity index (χ4v) is 6.35. The number of carboxylic acids is 1. The Bertz CT molecular complexity index is 909. The summed E-state index contributed by atoms with van der Waals surface area (Å²) in [4.78, 5) is 22.6. The van der Waals surface area contributed by atoms with Gasteiger partial charge in [0.05, 0.1) is 16.7 Å². The number of rotatable bonds is 1. The van der Waals surface area contributed by atoms with Crippen LogP contribution in [0.1, 0.15) is 36.9 Å². The number of aromatic nitrogens is 2. The van der Waals surface area contributed by atoms with Crippen LogP contribution in [-0.2, 0) is 20.4 Å². The molecule has 0 saturated carbocycles. The van der Waals surface area contributed by atoms with E-state index in [-0.39, 0.29) is 16.9 Å². The van der Waals surface area contributed by atoms with E-state index in [9.17, 15) is 21.6 Å². The second kappa shape index (κ2) is 8.29. The molecule has 2 fully saturated rings. The lowest BCUT2D eigenvalue weighted by Crippen LogP contribution is -2.38. The summed E-state index contributed by atoms with van der Waals surface area (Å²) < 4.78 is 56.8. The molecule has 4 heterocycles. The van der Waals surface area contributed by atoms with E-state index in [1.165, 1.54) is 12.8 Å². The van der Waals surface area contributed by atoms with Gasteiger partial charge in [-0.1, -0.05) is 6.92 Å². The van der Waals surface area contributed by atoms with Crippen LogP contribution in [0.15, 0.2) is 6.20 Å². The summed E-state index contributed by atoms with van der Waals surface area (Å²) >= 11 is 0. The molecule has 3 aliphatic heterocycles. The van der Waals surface area contributed by atoms with Gasteiger partial charge in [0.15, 0.2) is 9.84 Å². The highest BCUT2D eigenvalue weighted by molar-refractivity contribution is 7.91. The number of halogens is 3. The monoisotopic (exact) mass is 450 g/mol. The number of sulfone groups is 1. The Balaban J connectivity index is 0.000000318. The van der Waals surface area contributed by atoms with Crippen LogP contribution in [0.2, 0.25) is 0 Å². The third-order valence-electron chi connectivity index (χ3n) is 5.69. The van der Waals surface area contributed by atoms with Gasteiger partial charge in [-0.05, 0) is 25.8 Å². The quantitative estimate of drug-likeness (QED) is 0.689. The van der Waals surface area contributed by atoms with Crippen LogP contribution in [0.25, 0.3) is 0 Å². The molecule has 30 heavy (non-hydrogen) atoms. The molecular weight excluding hydrogens is 425 g/mol. The summed E-state index contributed by atoms with van der Waals surface area (Å²) in [7, 11) is -1.10. The minimum atomic E-state index is -5.08.